The minimum atomic E-state index is -0.420. The summed E-state index contributed by atoms with van der Waals surface area (Å²) in [7, 11) is 0. The standard InChI is InChI=1S/C23H28ClN5O3/c1-16(2)26-23(32)27-20-9-4-3-8-19(20)22(31)25-15-21(30)29-12-10-28(11-13-29)18-7-5-6-17(24)14-18/h3-9,14,16H,10-13,15H2,1-2H3,(H,25,31)(H2,26,27,32). The van der Waals surface area contributed by atoms with Crippen LogP contribution in [0.3, 0.4) is 0 Å². The zero-order valence-corrected chi connectivity index (χ0v) is 19.0. The van der Waals surface area contributed by atoms with Crippen molar-refractivity contribution < 1.29 is 14.4 Å². The third-order valence-corrected chi connectivity index (χ3v) is 5.28. The fourth-order valence-electron chi connectivity index (χ4n) is 3.46. The van der Waals surface area contributed by atoms with Gasteiger partial charge in [-0.1, -0.05) is 29.8 Å². The zero-order chi connectivity index (χ0) is 23.1. The van der Waals surface area contributed by atoms with Crippen LogP contribution in [0.15, 0.2) is 48.5 Å². The lowest BCUT2D eigenvalue weighted by Gasteiger charge is -2.36. The van der Waals surface area contributed by atoms with Crippen LogP contribution in [-0.4, -0.2) is 61.5 Å². The maximum absolute atomic E-state index is 12.7. The van der Waals surface area contributed by atoms with Gasteiger partial charge in [0.15, 0.2) is 0 Å². The van der Waals surface area contributed by atoms with Crippen LogP contribution in [0.1, 0.15) is 24.2 Å². The van der Waals surface area contributed by atoms with Crippen molar-refractivity contribution >= 4 is 40.8 Å². The van der Waals surface area contributed by atoms with Gasteiger partial charge in [-0.25, -0.2) is 4.79 Å². The van der Waals surface area contributed by atoms with Crippen molar-refractivity contribution in [3.8, 4) is 0 Å². The molecule has 0 saturated carbocycles. The summed E-state index contributed by atoms with van der Waals surface area (Å²) in [5, 5.41) is 8.74. The summed E-state index contributed by atoms with van der Waals surface area (Å²) >= 11 is 6.07. The molecule has 0 radical (unpaired) electrons. The average Bonchev–Trinajstić information content (AvgIpc) is 2.77. The highest BCUT2D eigenvalue weighted by Gasteiger charge is 2.22. The van der Waals surface area contributed by atoms with Gasteiger partial charge < -0.3 is 25.8 Å². The number of nitrogens with zero attached hydrogens (tertiary/aromatic N) is 2. The van der Waals surface area contributed by atoms with E-state index in [0.29, 0.717) is 42.5 Å². The lowest BCUT2D eigenvalue weighted by atomic mass is 10.1. The van der Waals surface area contributed by atoms with Crippen LogP contribution < -0.4 is 20.9 Å². The molecule has 32 heavy (non-hydrogen) atoms. The molecule has 3 N–H and O–H groups in total. The molecular weight excluding hydrogens is 430 g/mol. The minimum Gasteiger partial charge on any atom is -0.368 e. The molecule has 2 aromatic carbocycles. The summed E-state index contributed by atoms with van der Waals surface area (Å²) in [6.45, 7) is 6.10. The molecule has 1 heterocycles. The van der Waals surface area contributed by atoms with Crippen LogP contribution in [0.4, 0.5) is 16.2 Å². The van der Waals surface area contributed by atoms with Gasteiger partial charge in [-0.2, -0.15) is 0 Å². The summed E-state index contributed by atoms with van der Waals surface area (Å²) in [5.74, 6) is -0.566. The molecule has 8 nitrogen and oxygen atoms in total. The maximum atomic E-state index is 12.7. The molecule has 3 rings (SSSR count). The summed E-state index contributed by atoms with van der Waals surface area (Å²) in [6.07, 6.45) is 0. The van der Waals surface area contributed by atoms with Crippen molar-refractivity contribution in [2.45, 2.75) is 19.9 Å². The second-order valence-corrected chi connectivity index (χ2v) is 8.27. The molecule has 0 atom stereocenters. The Kier molecular flexibility index (Phi) is 7.94. The van der Waals surface area contributed by atoms with Gasteiger partial charge in [0.2, 0.25) is 5.91 Å². The number of carbonyl (C=O) groups is 3. The summed E-state index contributed by atoms with van der Waals surface area (Å²) in [6, 6.07) is 13.9. The predicted octanol–water partition coefficient (Wildman–Crippen LogP) is 2.95. The van der Waals surface area contributed by atoms with E-state index in [9.17, 15) is 14.4 Å². The van der Waals surface area contributed by atoms with E-state index in [4.69, 9.17) is 11.6 Å². The first-order valence-electron chi connectivity index (χ1n) is 10.6. The van der Waals surface area contributed by atoms with Crippen LogP contribution >= 0.6 is 11.6 Å². The van der Waals surface area contributed by atoms with Crippen molar-refractivity contribution in [1.82, 2.24) is 15.5 Å². The van der Waals surface area contributed by atoms with E-state index in [2.05, 4.69) is 20.9 Å². The molecule has 0 aliphatic carbocycles. The predicted molar refractivity (Wildman–Crippen MR) is 126 cm³/mol. The van der Waals surface area contributed by atoms with Crippen molar-refractivity contribution in [3.05, 3.63) is 59.1 Å². The Morgan fingerprint density at radius 2 is 1.72 bits per heavy atom. The molecule has 9 heteroatoms. The van der Waals surface area contributed by atoms with Gasteiger partial charge in [-0.15, -0.1) is 0 Å². The Balaban J connectivity index is 1.51. The number of halogens is 1. The largest absolute Gasteiger partial charge is 0.368 e. The van der Waals surface area contributed by atoms with Crippen LogP contribution in [-0.2, 0) is 4.79 Å². The van der Waals surface area contributed by atoms with Crippen LogP contribution in [0.25, 0.3) is 0 Å². The number of hydrogen-bond donors (Lipinski definition) is 3. The number of amides is 4. The van der Waals surface area contributed by atoms with Gasteiger partial charge in [0, 0.05) is 42.9 Å². The number of nitrogens with one attached hydrogen (secondary N) is 3. The SMILES string of the molecule is CC(C)NC(=O)Nc1ccccc1C(=O)NCC(=O)N1CCN(c2cccc(Cl)c2)CC1. The first kappa shape index (κ1) is 23.4. The molecule has 1 fully saturated rings. The average molecular weight is 458 g/mol. The first-order valence-corrected chi connectivity index (χ1v) is 10.9. The molecule has 0 unspecified atom stereocenters. The normalized spacial score (nSPS) is 13.6. The van der Waals surface area contributed by atoms with Crippen molar-refractivity contribution in [1.29, 1.82) is 0 Å². The van der Waals surface area contributed by atoms with Crippen molar-refractivity contribution in [2.75, 3.05) is 42.9 Å². The number of piperazine rings is 1. The number of urea groups is 1. The molecule has 4 amide bonds. The number of rotatable bonds is 6. The Labute approximate surface area is 192 Å². The maximum Gasteiger partial charge on any atom is 0.319 e. The number of carbonyl (C=O) groups excluding carboxylic acids is 3. The third kappa shape index (κ3) is 6.37. The topological polar surface area (TPSA) is 93.8 Å². The molecular formula is C23H28ClN5O3. The molecule has 1 saturated heterocycles. The Morgan fingerprint density at radius 1 is 1.00 bits per heavy atom. The van der Waals surface area contributed by atoms with Gasteiger partial charge in [0.05, 0.1) is 17.8 Å². The minimum absolute atomic E-state index is 0.0343. The highest BCUT2D eigenvalue weighted by Crippen LogP contribution is 2.21. The molecule has 0 bridgehead atoms. The van der Waals surface area contributed by atoms with Gasteiger partial charge >= 0.3 is 6.03 Å². The van der Waals surface area contributed by atoms with Gasteiger partial charge in [-0.05, 0) is 44.2 Å². The fraction of sp³-hybridized carbons (Fsp3) is 0.348. The van der Waals surface area contributed by atoms with Gasteiger partial charge in [0.25, 0.3) is 5.91 Å². The van der Waals surface area contributed by atoms with Gasteiger partial charge in [0.1, 0.15) is 0 Å². The first-order chi connectivity index (χ1) is 15.3. The molecule has 170 valence electrons. The smallest absolute Gasteiger partial charge is 0.319 e. The molecule has 0 spiro atoms. The Hall–Kier alpha value is -3.26. The van der Waals surface area contributed by atoms with E-state index in [1.54, 1.807) is 29.2 Å². The number of para-hydroxylation sites is 1. The zero-order valence-electron chi connectivity index (χ0n) is 18.2. The summed E-state index contributed by atoms with van der Waals surface area (Å²) in [5.41, 5.74) is 1.71. The lowest BCUT2D eigenvalue weighted by molar-refractivity contribution is -0.130. The monoisotopic (exact) mass is 457 g/mol. The van der Waals surface area contributed by atoms with E-state index in [1.807, 2.05) is 38.1 Å². The van der Waals surface area contributed by atoms with E-state index < -0.39 is 11.9 Å². The molecule has 2 aromatic rings. The number of anilines is 2. The number of benzene rings is 2. The van der Waals surface area contributed by atoms with Gasteiger partial charge in [-0.3, -0.25) is 9.59 Å². The van der Waals surface area contributed by atoms with E-state index in [1.165, 1.54) is 0 Å². The summed E-state index contributed by atoms with van der Waals surface area (Å²) < 4.78 is 0. The third-order valence-electron chi connectivity index (χ3n) is 5.05. The number of hydrogen-bond acceptors (Lipinski definition) is 4. The summed E-state index contributed by atoms with van der Waals surface area (Å²) in [4.78, 5) is 41.2. The van der Waals surface area contributed by atoms with E-state index in [-0.39, 0.29) is 18.5 Å². The molecule has 0 aromatic heterocycles. The van der Waals surface area contributed by atoms with Crippen LogP contribution in [0.2, 0.25) is 5.02 Å². The van der Waals surface area contributed by atoms with Crippen molar-refractivity contribution in [2.24, 2.45) is 0 Å². The van der Waals surface area contributed by atoms with E-state index in [0.717, 1.165) is 5.69 Å². The molecule has 1 aliphatic rings. The van der Waals surface area contributed by atoms with E-state index >= 15 is 0 Å². The lowest BCUT2D eigenvalue weighted by Crippen LogP contribution is -2.51. The van der Waals surface area contributed by atoms with Crippen molar-refractivity contribution in [3.63, 3.8) is 0 Å². The highest BCUT2D eigenvalue weighted by atomic mass is 35.5. The fourth-order valence-corrected chi connectivity index (χ4v) is 3.65. The Morgan fingerprint density at radius 3 is 2.41 bits per heavy atom. The highest BCUT2D eigenvalue weighted by molar-refractivity contribution is 6.30. The second kappa shape index (κ2) is 10.9. The second-order valence-electron chi connectivity index (χ2n) is 7.83. The quantitative estimate of drug-likeness (QED) is 0.621. The van der Waals surface area contributed by atoms with Crippen LogP contribution in [0.5, 0.6) is 0 Å². The van der Waals surface area contributed by atoms with Crippen LogP contribution in [0, 0.1) is 0 Å². The Bertz CT molecular complexity index is 974. The molecule has 1 aliphatic heterocycles.